The van der Waals surface area contributed by atoms with Crippen molar-refractivity contribution in [3.8, 4) is 11.8 Å². The maximum atomic E-state index is 10.5. The van der Waals surface area contributed by atoms with E-state index in [-0.39, 0.29) is 4.88 Å². The Labute approximate surface area is 79.6 Å². The van der Waals surface area contributed by atoms with E-state index in [4.69, 9.17) is 5.11 Å². The van der Waals surface area contributed by atoms with E-state index in [1.807, 2.05) is 0 Å². The number of hydrogen-bond acceptors (Lipinski definition) is 4. The number of rotatable bonds is 2. The molecule has 1 rings (SSSR count). The predicted octanol–water partition coefficient (Wildman–Crippen LogP) is 0.412. The van der Waals surface area contributed by atoms with Crippen LogP contribution in [0.2, 0.25) is 0 Å². The van der Waals surface area contributed by atoms with Gasteiger partial charge in [-0.05, 0) is 13.0 Å². The molecule has 0 unspecified atom stereocenters. The summed E-state index contributed by atoms with van der Waals surface area (Å²) in [5.41, 5.74) is 0. The second kappa shape index (κ2) is 4.60. The van der Waals surface area contributed by atoms with Crippen LogP contribution in [-0.2, 0) is 0 Å². The first-order valence-corrected chi connectivity index (χ1v) is 4.38. The lowest BCUT2D eigenvalue weighted by molar-refractivity contribution is 0.0702. The van der Waals surface area contributed by atoms with E-state index in [9.17, 15) is 4.79 Å². The Morgan fingerprint density at radius 2 is 2.62 bits per heavy atom. The van der Waals surface area contributed by atoms with Crippen molar-refractivity contribution in [1.29, 1.82) is 0 Å². The van der Waals surface area contributed by atoms with Gasteiger partial charge in [-0.2, -0.15) is 0 Å². The van der Waals surface area contributed by atoms with Crippen molar-refractivity contribution in [3.63, 3.8) is 0 Å². The largest absolute Gasteiger partial charge is 0.477 e. The van der Waals surface area contributed by atoms with Crippen molar-refractivity contribution < 1.29 is 9.90 Å². The van der Waals surface area contributed by atoms with Crippen LogP contribution in [0.1, 0.15) is 14.7 Å². The number of nitrogens with zero attached hydrogens (tertiary/aromatic N) is 1. The van der Waals surface area contributed by atoms with E-state index >= 15 is 0 Å². The quantitative estimate of drug-likeness (QED) is 0.673. The molecule has 5 heteroatoms. The number of aromatic carboxylic acids is 1. The third-order valence-corrected chi connectivity index (χ3v) is 2.08. The summed E-state index contributed by atoms with van der Waals surface area (Å²) in [7, 11) is 1.79. The molecule has 0 saturated carbocycles. The van der Waals surface area contributed by atoms with Gasteiger partial charge in [-0.1, -0.05) is 17.3 Å². The minimum Gasteiger partial charge on any atom is -0.477 e. The van der Waals surface area contributed by atoms with Crippen LogP contribution >= 0.6 is 11.3 Å². The Balaban J connectivity index is 2.71. The molecule has 0 radical (unpaired) electrons. The molecule has 0 aliphatic carbocycles. The number of thiazole rings is 1. The normalized spacial score (nSPS) is 9.00. The number of aromatic nitrogens is 1. The van der Waals surface area contributed by atoms with Gasteiger partial charge in [0.1, 0.15) is 4.88 Å². The summed E-state index contributed by atoms with van der Waals surface area (Å²) in [5.74, 6) is 4.59. The fourth-order valence-electron chi connectivity index (χ4n) is 0.639. The first-order chi connectivity index (χ1) is 6.24. The van der Waals surface area contributed by atoms with Gasteiger partial charge >= 0.3 is 5.97 Å². The highest BCUT2D eigenvalue weighted by Crippen LogP contribution is 2.10. The van der Waals surface area contributed by atoms with Gasteiger partial charge in [0.05, 0.1) is 12.7 Å². The van der Waals surface area contributed by atoms with E-state index in [1.165, 1.54) is 6.20 Å². The molecule has 1 heterocycles. The topological polar surface area (TPSA) is 62.2 Å². The van der Waals surface area contributed by atoms with E-state index in [0.29, 0.717) is 11.6 Å². The highest BCUT2D eigenvalue weighted by molar-refractivity contribution is 7.14. The Hall–Kier alpha value is -1.38. The smallest absolute Gasteiger partial charge is 0.347 e. The zero-order chi connectivity index (χ0) is 9.68. The SMILES string of the molecule is CNCC#Cc1ncc(C(=O)O)s1. The number of hydrogen-bond donors (Lipinski definition) is 2. The highest BCUT2D eigenvalue weighted by atomic mass is 32.1. The third kappa shape index (κ3) is 2.86. The average molecular weight is 196 g/mol. The average Bonchev–Trinajstić information content (AvgIpc) is 2.53. The summed E-state index contributed by atoms with van der Waals surface area (Å²) < 4.78 is 0. The molecule has 4 nitrogen and oxygen atoms in total. The van der Waals surface area contributed by atoms with Crippen molar-refractivity contribution in [1.82, 2.24) is 10.3 Å². The van der Waals surface area contributed by atoms with Crippen LogP contribution in [-0.4, -0.2) is 29.7 Å². The van der Waals surface area contributed by atoms with Gasteiger partial charge in [0, 0.05) is 0 Å². The summed E-state index contributed by atoms with van der Waals surface area (Å²) in [4.78, 5) is 14.5. The molecule has 68 valence electrons. The molecule has 2 N–H and O–H groups in total. The fourth-order valence-corrected chi connectivity index (χ4v) is 1.27. The van der Waals surface area contributed by atoms with Crippen molar-refractivity contribution in [2.45, 2.75) is 0 Å². The van der Waals surface area contributed by atoms with Gasteiger partial charge in [0.2, 0.25) is 0 Å². The second-order valence-corrected chi connectivity index (χ2v) is 3.20. The number of carbonyl (C=O) groups is 1. The lowest BCUT2D eigenvalue weighted by Crippen LogP contribution is -2.04. The van der Waals surface area contributed by atoms with Gasteiger partial charge in [0.25, 0.3) is 0 Å². The summed E-state index contributed by atoms with van der Waals surface area (Å²) in [6.07, 6.45) is 1.32. The van der Waals surface area contributed by atoms with Crippen LogP contribution in [0.4, 0.5) is 0 Å². The Kier molecular flexibility index (Phi) is 3.43. The van der Waals surface area contributed by atoms with E-state index < -0.39 is 5.97 Å². The molecule has 1 aromatic heterocycles. The Bertz CT molecular complexity index is 362. The van der Waals surface area contributed by atoms with Crippen molar-refractivity contribution in [2.75, 3.05) is 13.6 Å². The van der Waals surface area contributed by atoms with Gasteiger partial charge in [-0.3, -0.25) is 0 Å². The Morgan fingerprint density at radius 3 is 3.15 bits per heavy atom. The predicted molar refractivity (Wildman–Crippen MR) is 49.9 cm³/mol. The van der Waals surface area contributed by atoms with Crippen LogP contribution in [0.15, 0.2) is 6.20 Å². The van der Waals surface area contributed by atoms with Crippen LogP contribution in [0, 0.1) is 11.8 Å². The monoisotopic (exact) mass is 196 g/mol. The van der Waals surface area contributed by atoms with E-state index in [0.717, 1.165) is 11.3 Å². The maximum absolute atomic E-state index is 10.5. The van der Waals surface area contributed by atoms with E-state index in [1.54, 1.807) is 7.05 Å². The molecule has 0 saturated heterocycles. The van der Waals surface area contributed by atoms with Gasteiger partial charge in [-0.25, -0.2) is 9.78 Å². The van der Waals surface area contributed by atoms with Crippen molar-refractivity contribution in [3.05, 3.63) is 16.1 Å². The zero-order valence-corrected chi connectivity index (χ0v) is 7.81. The first kappa shape index (κ1) is 9.71. The third-order valence-electron chi connectivity index (χ3n) is 1.18. The molecule has 0 spiro atoms. The fraction of sp³-hybridized carbons (Fsp3) is 0.250. The summed E-state index contributed by atoms with van der Waals surface area (Å²) in [5, 5.41) is 12.0. The van der Waals surface area contributed by atoms with Gasteiger partial charge in [-0.15, -0.1) is 0 Å². The first-order valence-electron chi connectivity index (χ1n) is 3.56. The van der Waals surface area contributed by atoms with Crippen LogP contribution in [0.5, 0.6) is 0 Å². The molecule has 0 aliphatic rings. The van der Waals surface area contributed by atoms with Crippen LogP contribution < -0.4 is 5.32 Å². The lowest BCUT2D eigenvalue weighted by Gasteiger charge is -1.81. The zero-order valence-electron chi connectivity index (χ0n) is 7.00. The number of carboxylic acid groups (broad SMARTS) is 1. The molecule has 0 atom stereocenters. The van der Waals surface area contributed by atoms with Gasteiger partial charge in [0.15, 0.2) is 5.01 Å². The summed E-state index contributed by atoms with van der Waals surface area (Å²) in [6.45, 7) is 0.571. The standard InChI is InChI=1S/C8H8N2O2S/c1-9-4-2-3-7-10-5-6(13-7)8(11)12/h5,9H,4H2,1H3,(H,11,12). The number of carboxylic acids is 1. The summed E-state index contributed by atoms with van der Waals surface area (Å²) >= 11 is 1.08. The Morgan fingerprint density at radius 1 is 1.85 bits per heavy atom. The molecule has 0 bridgehead atoms. The highest BCUT2D eigenvalue weighted by Gasteiger charge is 2.05. The molecule has 0 amide bonds. The minimum atomic E-state index is -0.959. The van der Waals surface area contributed by atoms with Crippen molar-refractivity contribution in [2.24, 2.45) is 0 Å². The lowest BCUT2D eigenvalue weighted by atomic mass is 10.5. The molecular weight excluding hydrogens is 188 g/mol. The van der Waals surface area contributed by atoms with E-state index in [2.05, 4.69) is 22.1 Å². The molecule has 0 aliphatic heterocycles. The minimum absolute atomic E-state index is 0.216. The summed E-state index contributed by atoms with van der Waals surface area (Å²) in [6, 6.07) is 0. The molecular formula is C8H8N2O2S. The molecule has 13 heavy (non-hydrogen) atoms. The number of nitrogens with one attached hydrogen (secondary N) is 1. The second-order valence-electron chi connectivity index (χ2n) is 2.17. The molecule has 0 fully saturated rings. The van der Waals surface area contributed by atoms with Crippen molar-refractivity contribution >= 4 is 17.3 Å². The van der Waals surface area contributed by atoms with Crippen LogP contribution in [0.25, 0.3) is 0 Å². The molecule has 0 aromatic carbocycles. The maximum Gasteiger partial charge on any atom is 0.347 e. The molecule has 1 aromatic rings. The van der Waals surface area contributed by atoms with Crippen LogP contribution in [0.3, 0.4) is 0 Å². The van der Waals surface area contributed by atoms with Gasteiger partial charge < -0.3 is 10.4 Å².